The molecule has 1 saturated carbocycles. The van der Waals surface area contributed by atoms with Gasteiger partial charge in [-0.3, -0.25) is 4.79 Å². The number of hydrogen-bond acceptors (Lipinski definition) is 3. The van der Waals surface area contributed by atoms with Crippen molar-refractivity contribution in [2.45, 2.75) is 36.6 Å². The van der Waals surface area contributed by atoms with Crippen LogP contribution in [-0.2, 0) is 10.0 Å². The smallest absolute Gasteiger partial charge is 0.255 e. The maximum atomic E-state index is 14.1. The SMILES string of the molecule is O=C(Nc1cccc(Cl)c1)c1ccc(F)c(S(=O)(=O)NC2CCCC2)c1. The molecule has 5 nitrogen and oxygen atoms in total. The normalized spacial score (nSPS) is 15.2. The van der Waals surface area contributed by atoms with E-state index in [9.17, 15) is 17.6 Å². The summed E-state index contributed by atoms with van der Waals surface area (Å²) in [5.41, 5.74) is 0.499. The zero-order valence-corrected chi connectivity index (χ0v) is 15.4. The summed E-state index contributed by atoms with van der Waals surface area (Å²) in [5, 5.41) is 3.06. The number of rotatable bonds is 5. The molecule has 0 atom stereocenters. The summed E-state index contributed by atoms with van der Waals surface area (Å²) in [5.74, 6) is -1.45. The average molecular weight is 397 g/mol. The van der Waals surface area contributed by atoms with Gasteiger partial charge in [0.2, 0.25) is 10.0 Å². The van der Waals surface area contributed by atoms with E-state index in [1.807, 2.05) is 0 Å². The molecule has 0 bridgehead atoms. The van der Waals surface area contributed by atoms with Crippen molar-refractivity contribution in [2.24, 2.45) is 0 Å². The van der Waals surface area contributed by atoms with Gasteiger partial charge in [-0.25, -0.2) is 17.5 Å². The summed E-state index contributed by atoms with van der Waals surface area (Å²) >= 11 is 5.87. The molecule has 8 heteroatoms. The summed E-state index contributed by atoms with van der Waals surface area (Å²) in [4.78, 5) is 11.8. The van der Waals surface area contributed by atoms with Crippen molar-refractivity contribution < 1.29 is 17.6 Å². The first-order valence-electron chi connectivity index (χ1n) is 8.24. The van der Waals surface area contributed by atoms with Crippen molar-refractivity contribution in [3.8, 4) is 0 Å². The molecule has 0 spiro atoms. The quantitative estimate of drug-likeness (QED) is 0.803. The molecule has 2 N–H and O–H groups in total. The third-order valence-corrected chi connectivity index (χ3v) is 6.01. The Morgan fingerprint density at radius 2 is 1.85 bits per heavy atom. The molecule has 1 fully saturated rings. The predicted octanol–water partition coefficient (Wildman–Crippen LogP) is 3.95. The lowest BCUT2D eigenvalue weighted by Crippen LogP contribution is -2.33. The van der Waals surface area contributed by atoms with Crippen molar-refractivity contribution in [3.63, 3.8) is 0 Å². The van der Waals surface area contributed by atoms with Gasteiger partial charge in [-0.1, -0.05) is 30.5 Å². The zero-order valence-electron chi connectivity index (χ0n) is 13.8. The largest absolute Gasteiger partial charge is 0.322 e. The van der Waals surface area contributed by atoms with E-state index >= 15 is 0 Å². The second-order valence-corrected chi connectivity index (χ2v) is 8.33. The van der Waals surface area contributed by atoms with Crippen LogP contribution in [0.5, 0.6) is 0 Å². The second kappa shape index (κ2) is 7.73. The predicted molar refractivity (Wildman–Crippen MR) is 98.4 cm³/mol. The average Bonchev–Trinajstić information content (AvgIpc) is 3.07. The lowest BCUT2D eigenvalue weighted by atomic mass is 10.2. The van der Waals surface area contributed by atoms with Gasteiger partial charge < -0.3 is 5.32 Å². The Kier molecular flexibility index (Phi) is 5.60. The van der Waals surface area contributed by atoms with Gasteiger partial charge >= 0.3 is 0 Å². The first-order chi connectivity index (χ1) is 12.3. The molecule has 0 aromatic heterocycles. The Bertz CT molecular complexity index is 928. The van der Waals surface area contributed by atoms with Crippen LogP contribution in [0.1, 0.15) is 36.0 Å². The highest BCUT2D eigenvalue weighted by Gasteiger charge is 2.26. The standard InChI is InChI=1S/C18H18ClFN2O3S/c19-13-4-3-7-15(11-13)21-18(23)12-8-9-16(20)17(10-12)26(24,25)22-14-5-1-2-6-14/h3-4,7-11,14,22H,1-2,5-6H2,(H,21,23). The van der Waals surface area contributed by atoms with Crippen LogP contribution in [0.15, 0.2) is 47.4 Å². The molecular weight excluding hydrogens is 379 g/mol. The molecule has 2 aromatic carbocycles. The highest BCUT2D eigenvalue weighted by atomic mass is 35.5. The summed E-state index contributed by atoms with van der Waals surface area (Å²) in [6, 6.07) is 9.61. The van der Waals surface area contributed by atoms with Gasteiger partial charge in [0.05, 0.1) is 0 Å². The minimum atomic E-state index is -4.04. The van der Waals surface area contributed by atoms with E-state index in [4.69, 9.17) is 11.6 Å². The van der Waals surface area contributed by atoms with E-state index in [2.05, 4.69) is 10.0 Å². The Morgan fingerprint density at radius 3 is 2.54 bits per heavy atom. The van der Waals surface area contributed by atoms with Crippen molar-refractivity contribution in [3.05, 3.63) is 58.9 Å². The van der Waals surface area contributed by atoms with Crippen LogP contribution in [-0.4, -0.2) is 20.4 Å². The van der Waals surface area contributed by atoms with Crippen molar-refractivity contribution in [1.82, 2.24) is 4.72 Å². The molecule has 26 heavy (non-hydrogen) atoms. The molecule has 1 aliphatic rings. The Morgan fingerprint density at radius 1 is 1.12 bits per heavy atom. The number of nitrogens with one attached hydrogen (secondary N) is 2. The minimum Gasteiger partial charge on any atom is -0.322 e. The number of benzene rings is 2. The highest BCUT2D eigenvalue weighted by Crippen LogP contribution is 2.23. The van der Waals surface area contributed by atoms with Crippen molar-refractivity contribution in [2.75, 3.05) is 5.32 Å². The monoisotopic (exact) mass is 396 g/mol. The van der Waals surface area contributed by atoms with Crippen LogP contribution in [0, 0.1) is 5.82 Å². The maximum Gasteiger partial charge on any atom is 0.255 e. The molecule has 138 valence electrons. The molecule has 3 rings (SSSR count). The number of halogens is 2. The lowest BCUT2D eigenvalue weighted by molar-refractivity contribution is 0.102. The van der Waals surface area contributed by atoms with Gasteiger partial charge in [0, 0.05) is 22.3 Å². The fraction of sp³-hybridized carbons (Fsp3) is 0.278. The van der Waals surface area contributed by atoms with Crippen LogP contribution in [0.25, 0.3) is 0 Å². The van der Waals surface area contributed by atoms with Crippen LogP contribution in [0.4, 0.5) is 10.1 Å². The van der Waals surface area contributed by atoms with Gasteiger partial charge in [0.1, 0.15) is 10.7 Å². The lowest BCUT2D eigenvalue weighted by Gasteiger charge is -2.14. The fourth-order valence-corrected chi connectivity index (χ4v) is 4.55. The minimum absolute atomic E-state index is 0.0400. The Hall–Kier alpha value is -1.96. The summed E-state index contributed by atoms with van der Waals surface area (Å²) in [6.07, 6.45) is 3.35. The molecule has 1 aliphatic carbocycles. The summed E-state index contributed by atoms with van der Waals surface area (Å²) < 4.78 is 41.6. The maximum absolute atomic E-state index is 14.1. The fourth-order valence-electron chi connectivity index (χ4n) is 2.95. The van der Waals surface area contributed by atoms with E-state index in [0.717, 1.165) is 37.8 Å². The molecule has 0 saturated heterocycles. The Labute approximate surface area is 156 Å². The highest BCUT2D eigenvalue weighted by molar-refractivity contribution is 7.89. The number of sulfonamides is 1. The van der Waals surface area contributed by atoms with Gasteiger partial charge in [0.15, 0.2) is 0 Å². The van der Waals surface area contributed by atoms with Crippen LogP contribution >= 0.6 is 11.6 Å². The Balaban J connectivity index is 1.83. The number of amides is 1. The first kappa shape index (κ1) is 18.8. The first-order valence-corrected chi connectivity index (χ1v) is 10.1. The van der Waals surface area contributed by atoms with E-state index in [1.54, 1.807) is 24.3 Å². The van der Waals surface area contributed by atoms with Gasteiger partial charge in [-0.15, -0.1) is 0 Å². The van der Waals surface area contributed by atoms with Gasteiger partial charge in [-0.2, -0.15) is 0 Å². The molecule has 2 aromatic rings. The van der Waals surface area contributed by atoms with Crippen LogP contribution in [0.3, 0.4) is 0 Å². The third kappa shape index (κ3) is 4.41. The number of anilines is 1. The van der Waals surface area contributed by atoms with Gasteiger partial charge in [0.25, 0.3) is 5.91 Å². The van der Waals surface area contributed by atoms with Crippen LogP contribution < -0.4 is 10.0 Å². The molecule has 0 radical (unpaired) electrons. The number of carbonyl (C=O) groups excluding carboxylic acids is 1. The summed E-state index contributed by atoms with van der Waals surface area (Å²) in [7, 11) is -4.04. The van der Waals surface area contributed by atoms with Crippen molar-refractivity contribution in [1.29, 1.82) is 0 Å². The van der Waals surface area contributed by atoms with E-state index in [1.165, 1.54) is 6.07 Å². The van der Waals surface area contributed by atoms with E-state index in [-0.39, 0.29) is 11.6 Å². The number of carbonyl (C=O) groups is 1. The zero-order chi connectivity index (χ0) is 18.7. The van der Waals surface area contributed by atoms with Crippen molar-refractivity contribution >= 4 is 33.2 Å². The van der Waals surface area contributed by atoms with E-state index < -0.39 is 26.6 Å². The molecule has 0 heterocycles. The third-order valence-electron chi connectivity index (χ3n) is 4.24. The number of hydrogen-bond donors (Lipinski definition) is 2. The molecule has 1 amide bonds. The second-order valence-electron chi connectivity index (χ2n) is 6.21. The molecule has 0 aliphatic heterocycles. The van der Waals surface area contributed by atoms with E-state index in [0.29, 0.717) is 10.7 Å². The molecule has 0 unspecified atom stereocenters. The molecular formula is C18H18ClFN2O3S. The van der Waals surface area contributed by atoms with Crippen LogP contribution in [0.2, 0.25) is 5.02 Å². The van der Waals surface area contributed by atoms with Gasteiger partial charge in [-0.05, 0) is 49.2 Å². The topological polar surface area (TPSA) is 75.3 Å². The summed E-state index contributed by atoms with van der Waals surface area (Å²) in [6.45, 7) is 0.